The fourth-order valence-electron chi connectivity index (χ4n) is 2.24. The fraction of sp³-hybridized carbons (Fsp3) is 0.188. The molecule has 0 bridgehead atoms. The number of carbonyl (C=O) groups is 1. The van der Waals surface area contributed by atoms with Crippen molar-refractivity contribution in [3.05, 3.63) is 70.2 Å². The van der Waals surface area contributed by atoms with Crippen molar-refractivity contribution in [1.29, 1.82) is 0 Å². The largest absolute Gasteiger partial charge is 0.434 e. The maximum Gasteiger partial charge on any atom is 0.434 e. The van der Waals surface area contributed by atoms with E-state index in [0.29, 0.717) is 12.2 Å². The highest BCUT2D eigenvalue weighted by atomic mass is 32.1. The Morgan fingerprint density at radius 1 is 1.21 bits per heavy atom. The van der Waals surface area contributed by atoms with Gasteiger partial charge in [-0.15, -0.1) is 11.3 Å². The fourth-order valence-corrected chi connectivity index (χ4v) is 3.04. The predicted molar refractivity (Wildman–Crippen MR) is 82.9 cm³/mol. The summed E-state index contributed by atoms with van der Waals surface area (Å²) in [5.74, 6) is -0.267. The first-order chi connectivity index (χ1) is 11.4. The zero-order valence-corrected chi connectivity index (χ0v) is 13.1. The van der Waals surface area contributed by atoms with E-state index in [1.54, 1.807) is 35.3 Å². The minimum atomic E-state index is -4.49. The lowest BCUT2D eigenvalue weighted by Crippen LogP contribution is -2.12. The molecular formula is C16H12F3N3OS. The maximum absolute atomic E-state index is 12.6. The summed E-state index contributed by atoms with van der Waals surface area (Å²) in [5.41, 5.74) is 0.460. The third-order valence-corrected chi connectivity index (χ3v) is 4.22. The SMILES string of the molecule is O=C(Cc1nc(C(F)(F)F)cs1)c1cccn1Cc1ccncc1. The van der Waals surface area contributed by atoms with Crippen LogP contribution < -0.4 is 0 Å². The minimum absolute atomic E-state index is 0.152. The molecule has 3 aromatic heterocycles. The molecule has 0 N–H and O–H groups in total. The van der Waals surface area contributed by atoms with Crippen molar-refractivity contribution < 1.29 is 18.0 Å². The number of aromatic nitrogens is 3. The molecule has 0 aromatic carbocycles. The van der Waals surface area contributed by atoms with Crippen LogP contribution in [0.25, 0.3) is 0 Å². The number of hydrogen-bond acceptors (Lipinski definition) is 4. The summed E-state index contributed by atoms with van der Waals surface area (Å²) in [6.45, 7) is 0.488. The average Bonchev–Trinajstić information content (AvgIpc) is 3.17. The van der Waals surface area contributed by atoms with Crippen molar-refractivity contribution >= 4 is 17.1 Å². The molecule has 0 aliphatic rings. The topological polar surface area (TPSA) is 47.8 Å². The standard InChI is InChI=1S/C16H12F3N3OS/c17-16(18,19)14-10-24-15(21-14)8-13(23)12-2-1-7-22(12)9-11-3-5-20-6-4-11/h1-7,10H,8-9H2. The molecular weight excluding hydrogens is 339 g/mol. The number of nitrogens with zero attached hydrogens (tertiary/aromatic N) is 3. The van der Waals surface area contributed by atoms with Crippen LogP contribution in [0.5, 0.6) is 0 Å². The molecule has 0 fully saturated rings. The normalized spacial score (nSPS) is 11.6. The molecule has 0 aliphatic carbocycles. The van der Waals surface area contributed by atoms with E-state index in [9.17, 15) is 18.0 Å². The molecule has 124 valence electrons. The zero-order valence-electron chi connectivity index (χ0n) is 12.3. The molecule has 0 saturated heterocycles. The van der Waals surface area contributed by atoms with Crippen LogP contribution >= 0.6 is 11.3 Å². The van der Waals surface area contributed by atoms with E-state index < -0.39 is 11.9 Å². The van der Waals surface area contributed by atoms with E-state index in [0.717, 1.165) is 22.3 Å². The molecule has 24 heavy (non-hydrogen) atoms. The molecule has 0 aliphatic heterocycles. The molecule has 8 heteroatoms. The summed E-state index contributed by atoms with van der Waals surface area (Å²) in [7, 11) is 0. The summed E-state index contributed by atoms with van der Waals surface area (Å²) >= 11 is 0.842. The summed E-state index contributed by atoms with van der Waals surface area (Å²) < 4.78 is 39.5. The Balaban J connectivity index is 1.74. The van der Waals surface area contributed by atoms with Gasteiger partial charge in [0.05, 0.1) is 12.1 Å². The number of ketones is 1. The van der Waals surface area contributed by atoms with Crippen molar-refractivity contribution in [2.75, 3.05) is 0 Å². The third-order valence-electron chi connectivity index (χ3n) is 3.37. The second-order valence-electron chi connectivity index (χ2n) is 5.10. The molecule has 3 rings (SSSR count). The van der Waals surface area contributed by atoms with Crippen LogP contribution in [0, 0.1) is 0 Å². The second kappa shape index (κ2) is 6.56. The number of alkyl halides is 3. The lowest BCUT2D eigenvalue weighted by atomic mass is 10.2. The van der Waals surface area contributed by atoms with Gasteiger partial charge in [-0.3, -0.25) is 9.78 Å². The molecule has 0 radical (unpaired) electrons. The molecule has 0 amide bonds. The number of pyridine rings is 1. The Kier molecular flexibility index (Phi) is 4.48. The van der Waals surface area contributed by atoms with Gasteiger partial charge in [0.25, 0.3) is 0 Å². The Bertz CT molecular complexity index is 840. The van der Waals surface area contributed by atoms with Gasteiger partial charge in [-0.1, -0.05) is 0 Å². The Hall–Kier alpha value is -2.48. The average molecular weight is 351 g/mol. The minimum Gasteiger partial charge on any atom is -0.341 e. The van der Waals surface area contributed by atoms with Gasteiger partial charge < -0.3 is 4.57 Å². The van der Waals surface area contributed by atoms with Gasteiger partial charge in [0.2, 0.25) is 0 Å². The van der Waals surface area contributed by atoms with E-state index in [-0.39, 0.29) is 17.2 Å². The lowest BCUT2D eigenvalue weighted by Gasteiger charge is -2.08. The van der Waals surface area contributed by atoms with Gasteiger partial charge in [0.1, 0.15) is 5.01 Å². The van der Waals surface area contributed by atoms with E-state index in [1.165, 1.54) is 0 Å². The van der Waals surface area contributed by atoms with Crippen molar-refractivity contribution in [3.8, 4) is 0 Å². The van der Waals surface area contributed by atoms with Gasteiger partial charge in [0.15, 0.2) is 11.5 Å². The van der Waals surface area contributed by atoms with E-state index in [2.05, 4.69) is 9.97 Å². The number of thiazole rings is 1. The van der Waals surface area contributed by atoms with Crippen molar-refractivity contribution in [1.82, 2.24) is 14.5 Å². The van der Waals surface area contributed by atoms with E-state index in [1.807, 2.05) is 12.1 Å². The van der Waals surface area contributed by atoms with Gasteiger partial charge in [-0.2, -0.15) is 13.2 Å². The highest BCUT2D eigenvalue weighted by molar-refractivity contribution is 7.09. The van der Waals surface area contributed by atoms with Crippen LogP contribution in [-0.2, 0) is 19.1 Å². The first-order valence-electron chi connectivity index (χ1n) is 7.02. The van der Waals surface area contributed by atoms with Gasteiger partial charge in [-0.25, -0.2) is 4.98 Å². The van der Waals surface area contributed by atoms with Crippen LogP contribution in [0.1, 0.15) is 26.8 Å². The maximum atomic E-state index is 12.6. The second-order valence-corrected chi connectivity index (χ2v) is 6.04. The Morgan fingerprint density at radius 3 is 2.62 bits per heavy atom. The number of carbonyl (C=O) groups excluding carboxylic acids is 1. The highest BCUT2D eigenvalue weighted by Gasteiger charge is 2.33. The summed E-state index contributed by atoms with van der Waals surface area (Å²) in [5, 5.41) is 1.09. The van der Waals surface area contributed by atoms with E-state index in [4.69, 9.17) is 0 Å². The van der Waals surface area contributed by atoms with Crippen molar-refractivity contribution in [3.63, 3.8) is 0 Å². The monoisotopic (exact) mass is 351 g/mol. The first kappa shape index (κ1) is 16.4. The van der Waals surface area contributed by atoms with Gasteiger partial charge in [-0.05, 0) is 29.8 Å². The number of rotatable bonds is 5. The van der Waals surface area contributed by atoms with Crippen molar-refractivity contribution in [2.45, 2.75) is 19.1 Å². The number of halogens is 3. The Morgan fingerprint density at radius 2 is 1.96 bits per heavy atom. The van der Waals surface area contributed by atoms with E-state index >= 15 is 0 Å². The summed E-state index contributed by atoms with van der Waals surface area (Å²) in [4.78, 5) is 19.8. The quantitative estimate of drug-likeness (QED) is 0.657. The van der Waals surface area contributed by atoms with Crippen molar-refractivity contribution in [2.24, 2.45) is 0 Å². The van der Waals surface area contributed by atoms with Gasteiger partial charge in [0, 0.05) is 30.5 Å². The molecule has 3 aromatic rings. The summed E-state index contributed by atoms with van der Waals surface area (Å²) in [6, 6.07) is 7.06. The number of Topliss-reactive ketones (excluding diaryl/α,β-unsaturated/α-hetero) is 1. The molecule has 0 spiro atoms. The third kappa shape index (κ3) is 3.70. The van der Waals surface area contributed by atoms with Crippen LogP contribution in [-0.4, -0.2) is 20.3 Å². The zero-order chi connectivity index (χ0) is 17.2. The number of hydrogen-bond donors (Lipinski definition) is 0. The highest BCUT2D eigenvalue weighted by Crippen LogP contribution is 2.30. The van der Waals surface area contributed by atoms with Crippen LogP contribution in [0.3, 0.4) is 0 Å². The molecule has 0 unspecified atom stereocenters. The predicted octanol–water partition coefficient (Wildman–Crippen LogP) is 3.83. The lowest BCUT2D eigenvalue weighted by molar-refractivity contribution is -0.140. The smallest absolute Gasteiger partial charge is 0.341 e. The van der Waals surface area contributed by atoms with Crippen LogP contribution in [0.2, 0.25) is 0 Å². The molecule has 0 atom stereocenters. The van der Waals surface area contributed by atoms with Crippen LogP contribution in [0.15, 0.2) is 48.2 Å². The molecule has 3 heterocycles. The summed E-state index contributed by atoms with van der Waals surface area (Å²) in [6.07, 6.45) is 0.445. The van der Waals surface area contributed by atoms with Gasteiger partial charge >= 0.3 is 6.18 Å². The Labute approximate surface area is 139 Å². The first-order valence-corrected chi connectivity index (χ1v) is 7.90. The molecule has 0 saturated carbocycles. The van der Waals surface area contributed by atoms with Crippen LogP contribution in [0.4, 0.5) is 13.2 Å². The molecule has 4 nitrogen and oxygen atoms in total.